The molecule has 2 aromatic carbocycles. The van der Waals surface area contributed by atoms with Crippen LogP contribution in [-0.4, -0.2) is 69.6 Å². The van der Waals surface area contributed by atoms with E-state index in [0.717, 1.165) is 19.3 Å². The van der Waals surface area contributed by atoms with E-state index in [2.05, 4.69) is 0 Å². The summed E-state index contributed by atoms with van der Waals surface area (Å²) in [5, 5.41) is 0. The summed E-state index contributed by atoms with van der Waals surface area (Å²) in [6.45, 7) is 1.03. The summed E-state index contributed by atoms with van der Waals surface area (Å²) in [6, 6.07) is 13.4. The van der Waals surface area contributed by atoms with Crippen molar-refractivity contribution < 1.29 is 42.7 Å². The smallest absolute Gasteiger partial charge is 0.338 e. The van der Waals surface area contributed by atoms with E-state index in [0.29, 0.717) is 29.2 Å². The average Bonchev–Trinajstić information content (AvgIpc) is 3.48. The molecule has 0 aliphatic carbocycles. The molecule has 0 N–H and O–H groups in total. The molecule has 2 aromatic rings. The monoisotopic (exact) mass is 484 g/mol. The van der Waals surface area contributed by atoms with Crippen LogP contribution in [0.5, 0.6) is 11.5 Å². The Balaban J connectivity index is 1.13. The number of rotatable bonds is 7. The SMILES string of the molecule is COc1ccc(C(=O)O[C@@H]2CO[C@H]3[C@@H]2OC[C@H]3OC(=O)c2ccc(OC3CCCCO3)cc2)cc1. The number of esters is 2. The predicted octanol–water partition coefficient (Wildman–Crippen LogP) is 3.15. The zero-order valence-electron chi connectivity index (χ0n) is 19.4. The Bertz CT molecular complexity index is 1010. The highest BCUT2D eigenvalue weighted by molar-refractivity contribution is 5.90. The molecular formula is C26H28O9. The van der Waals surface area contributed by atoms with Crippen LogP contribution < -0.4 is 9.47 Å². The third-order valence-electron chi connectivity index (χ3n) is 6.30. The maximum Gasteiger partial charge on any atom is 0.338 e. The Morgan fingerprint density at radius 3 is 1.77 bits per heavy atom. The number of hydrogen-bond acceptors (Lipinski definition) is 9. The lowest BCUT2D eigenvalue weighted by Gasteiger charge is -2.23. The molecule has 0 bridgehead atoms. The first-order chi connectivity index (χ1) is 17.1. The first-order valence-corrected chi connectivity index (χ1v) is 11.8. The molecule has 3 aliphatic heterocycles. The fourth-order valence-electron chi connectivity index (χ4n) is 4.39. The van der Waals surface area contributed by atoms with E-state index in [4.69, 9.17) is 33.2 Å². The molecule has 0 radical (unpaired) electrons. The second-order valence-electron chi connectivity index (χ2n) is 8.65. The Morgan fingerprint density at radius 2 is 1.29 bits per heavy atom. The second kappa shape index (κ2) is 10.6. The molecule has 0 saturated carbocycles. The van der Waals surface area contributed by atoms with Gasteiger partial charge < -0.3 is 33.2 Å². The van der Waals surface area contributed by atoms with Gasteiger partial charge in [-0.05, 0) is 61.4 Å². The van der Waals surface area contributed by atoms with Crippen molar-refractivity contribution in [3.8, 4) is 11.5 Å². The lowest BCUT2D eigenvalue weighted by molar-refractivity contribution is -0.105. The highest BCUT2D eigenvalue weighted by Gasteiger charge is 2.51. The lowest BCUT2D eigenvalue weighted by atomic mass is 10.1. The molecule has 186 valence electrons. The third-order valence-corrected chi connectivity index (χ3v) is 6.30. The minimum Gasteiger partial charge on any atom is -0.497 e. The molecule has 9 heteroatoms. The molecule has 3 heterocycles. The number of ether oxygens (including phenoxy) is 7. The van der Waals surface area contributed by atoms with Gasteiger partial charge >= 0.3 is 11.9 Å². The maximum absolute atomic E-state index is 12.7. The largest absolute Gasteiger partial charge is 0.497 e. The molecule has 5 atom stereocenters. The van der Waals surface area contributed by atoms with Gasteiger partial charge in [-0.25, -0.2) is 9.59 Å². The normalized spacial score (nSPS) is 27.6. The standard InChI is InChI=1S/C26H28O9/c1-29-18-9-5-16(6-10-18)25(27)34-20-14-31-24-21(15-32-23(20)24)35-26(28)17-7-11-19(12-8-17)33-22-4-2-3-13-30-22/h5-12,20-24H,2-4,13-15H2,1H3/t20-,21-,22?,23-,24-/m1/s1. The average molecular weight is 485 g/mol. The summed E-state index contributed by atoms with van der Waals surface area (Å²) in [5.74, 6) is 0.322. The van der Waals surface area contributed by atoms with Crippen LogP contribution in [0.2, 0.25) is 0 Å². The second-order valence-corrected chi connectivity index (χ2v) is 8.65. The van der Waals surface area contributed by atoms with Crippen molar-refractivity contribution in [2.45, 2.75) is 50.0 Å². The molecule has 0 spiro atoms. The summed E-state index contributed by atoms with van der Waals surface area (Å²) in [5.41, 5.74) is 0.795. The van der Waals surface area contributed by atoms with Gasteiger partial charge in [-0.2, -0.15) is 0 Å². The van der Waals surface area contributed by atoms with Crippen LogP contribution in [0.1, 0.15) is 40.0 Å². The zero-order valence-corrected chi connectivity index (χ0v) is 19.4. The fourth-order valence-corrected chi connectivity index (χ4v) is 4.39. The molecule has 3 saturated heterocycles. The molecular weight excluding hydrogens is 456 g/mol. The molecule has 1 unspecified atom stereocenters. The van der Waals surface area contributed by atoms with E-state index in [1.165, 1.54) is 0 Å². The van der Waals surface area contributed by atoms with Crippen molar-refractivity contribution in [1.82, 2.24) is 0 Å². The van der Waals surface area contributed by atoms with Crippen molar-refractivity contribution >= 4 is 11.9 Å². The van der Waals surface area contributed by atoms with Crippen molar-refractivity contribution in [3.05, 3.63) is 59.7 Å². The maximum atomic E-state index is 12.7. The van der Waals surface area contributed by atoms with Crippen LogP contribution in [0.25, 0.3) is 0 Å². The topological polar surface area (TPSA) is 98.8 Å². The van der Waals surface area contributed by atoms with Gasteiger partial charge in [-0.15, -0.1) is 0 Å². The van der Waals surface area contributed by atoms with Crippen LogP contribution >= 0.6 is 0 Å². The van der Waals surface area contributed by atoms with Gasteiger partial charge in [0.2, 0.25) is 0 Å². The Morgan fingerprint density at radius 1 is 0.743 bits per heavy atom. The number of benzene rings is 2. The van der Waals surface area contributed by atoms with Gasteiger partial charge in [-0.1, -0.05) is 0 Å². The quantitative estimate of drug-likeness (QED) is 0.549. The van der Waals surface area contributed by atoms with Crippen molar-refractivity contribution in [3.63, 3.8) is 0 Å². The van der Waals surface area contributed by atoms with Crippen molar-refractivity contribution in [1.29, 1.82) is 0 Å². The summed E-state index contributed by atoms with van der Waals surface area (Å²) >= 11 is 0. The van der Waals surface area contributed by atoms with Crippen molar-refractivity contribution in [2.75, 3.05) is 26.9 Å². The van der Waals surface area contributed by atoms with E-state index in [1.807, 2.05) is 0 Å². The van der Waals surface area contributed by atoms with E-state index < -0.39 is 36.4 Å². The minimum atomic E-state index is -0.594. The highest BCUT2D eigenvalue weighted by atomic mass is 16.7. The number of hydrogen-bond donors (Lipinski definition) is 0. The van der Waals surface area contributed by atoms with Gasteiger partial charge in [0.1, 0.15) is 23.7 Å². The first-order valence-electron chi connectivity index (χ1n) is 11.8. The van der Waals surface area contributed by atoms with Gasteiger partial charge in [0.15, 0.2) is 18.5 Å². The summed E-state index contributed by atoms with van der Waals surface area (Å²) in [7, 11) is 1.56. The van der Waals surface area contributed by atoms with Crippen molar-refractivity contribution in [2.24, 2.45) is 0 Å². The van der Waals surface area contributed by atoms with E-state index in [-0.39, 0.29) is 19.5 Å². The molecule has 3 fully saturated rings. The van der Waals surface area contributed by atoms with Crippen LogP contribution in [0, 0.1) is 0 Å². The number of fused-ring (bicyclic) bond motifs is 1. The molecule has 0 aromatic heterocycles. The molecule has 3 aliphatic rings. The van der Waals surface area contributed by atoms with E-state index in [1.54, 1.807) is 55.6 Å². The van der Waals surface area contributed by atoms with Gasteiger partial charge in [0, 0.05) is 6.42 Å². The Labute approximate surface area is 203 Å². The molecule has 0 amide bonds. The minimum absolute atomic E-state index is 0.165. The van der Waals surface area contributed by atoms with Gasteiger partial charge in [0.25, 0.3) is 0 Å². The Kier molecular flexibility index (Phi) is 7.17. The molecule has 9 nitrogen and oxygen atoms in total. The van der Waals surface area contributed by atoms with Gasteiger partial charge in [-0.3, -0.25) is 0 Å². The van der Waals surface area contributed by atoms with Crippen LogP contribution in [-0.2, 0) is 23.7 Å². The summed E-state index contributed by atoms with van der Waals surface area (Å²) in [6.07, 6.45) is 0.544. The zero-order chi connectivity index (χ0) is 24.2. The van der Waals surface area contributed by atoms with E-state index in [9.17, 15) is 9.59 Å². The number of carbonyl (C=O) groups is 2. The summed E-state index contributed by atoms with van der Waals surface area (Å²) < 4.78 is 39.3. The van der Waals surface area contributed by atoms with E-state index >= 15 is 0 Å². The molecule has 5 rings (SSSR count). The van der Waals surface area contributed by atoms with Crippen LogP contribution in [0.3, 0.4) is 0 Å². The van der Waals surface area contributed by atoms with Crippen LogP contribution in [0.4, 0.5) is 0 Å². The predicted molar refractivity (Wildman–Crippen MR) is 122 cm³/mol. The number of carbonyl (C=O) groups excluding carboxylic acids is 2. The summed E-state index contributed by atoms with van der Waals surface area (Å²) in [4.78, 5) is 25.2. The third kappa shape index (κ3) is 5.42. The number of methoxy groups -OCH3 is 1. The lowest BCUT2D eigenvalue weighted by Crippen LogP contribution is -2.36. The first kappa shape index (κ1) is 23.6. The molecule has 35 heavy (non-hydrogen) atoms. The van der Waals surface area contributed by atoms with Gasteiger partial charge in [0.05, 0.1) is 38.1 Å². The fraction of sp³-hybridized carbons (Fsp3) is 0.462. The van der Waals surface area contributed by atoms with Crippen LogP contribution in [0.15, 0.2) is 48.5 Å². The highest BCUT2D eigenvalue weighted by Crippen LogP contribution is 2.32. The Hall–Kier alpha value is -3.14.